The summed E-state index contributed by atoms with van der Waals surface area (Å²) in [6.45, 7) is 3.90. The SMILES string of the molecule is Nc1ccnc(-c2cccc3cnc(Nc4ccc(N5CCNCC5)nc4)nc23)c1. The number of nitrogen functional groups attached to an aromatic ring is 1. The van der Waals surface area contributed by atoms with Crippen molar-refractivity contribution in [1.29, 1.82) is 0 Å². The first-order valence-corrected chi connectivity index (χ1v) is 9.93. The summed E-state index contributed by atoms with van der Waals surface area (Å²) in [5.74, 6) is 1.49. The quantitative estimate of drug-likeness (QED) is 0.482. The Morgan fingerprint density at radius 2 is 1.87 bits per heavy atom. The van der Waals surface area contributed by atoms with Crippen molar-refractivity contribution in [3.05, 3.63) is 61.1 Å². The number of piperazine rings is 1. The highest BCUT2D eigenvalue weighted by molar-refractivity contribution is 5.93. The Labute approximate surface area is 174 Å². The predicted octanol–water partition coefficient (Wildman–Crippen LogP) is 2.82. The molecule has 30 heavy (non-hydrogen) atoms. The van der Waals surface area contributed by atoms with Crippen molar-refractivity contribution < 1.29 is 0 Å². The predicted molar refractivity (Wildman–Crippen MR) is 120 cm³/mol. The largest absolute Gasteiger partial charge is 0.399 e. The maximum Gasteiger partial charge on any atom is 0.227 e. The summed E-state index contributed by atoms with van der Waals surface area (Å²) < 4.78 is 0. The van der Waals surface area contributed by atoms with E-state index in [1.165, 1.54) is 0 Å². The van der Waals surface area contributed by atoms with Gasteiger partial charge in [0, 0.05) is 55.2 Å². The molecule has 8 nitrogen and oxygen atoms in total. The number of hydrogen-bond acceptors (Lipinski definition) is 8. The van der Waals surface area contributed by atoms with E-state index < -0.39 is 0 Å². The van der Waals surface area contributed by atoms with Crippen LogP contribution in [0.4, 0.5) is 23.1 Å². The van der Waals surface area contributed by atoms with Crippen molar-refractivity contribution in [2.45, 2.75) is 0 Å². The van der Waals surface area contributed by atoms with Gasteiger partial charge in [0.25, 0.3) is 0 Å². The number of hydrogen-bond donors (Lipinski definition) is 3. The van der Waals surface area contributed by atoms with Crippen molar-refractivity contribution in [3.8, 4) is 11.3 Å². The van der Waals surface area contributed by atoms with Crippen LogP contribution in [0.5, 0.6) is 0 Å². The second-order valence-electron chi connectivity index (χ2n) is 7.18. The average molecular weight is 398 g/mol. The average Bonchev–Trinajstić information content (AvgIpc) is 2.80. The molecule has 3 aromatic heterocycles. The number of nitrogens with two attached hydrogens (primary N) is 1. The molecule has 5 rings (SSSR count). The van der Waals surface area contributed by atoms with Gasteiger partial charge in [0.05, 0.1) is 23.1 Å². The van der Waals surface area contributed by atoms with Crippen LogP contribution in [0.1, 0.15) is 0 Å². The van der Waals surface area contributed by atoms with Crippen LogP contribution in [0.25, 0.3) is 22.2 Å². The standard InChI is InChI=1S/C22H22N8/c23-16-6-7-25-19(12-16)18-3-1-2-15-13-27-22(29-21(15)18)28-17-4-5-20(26-14-17)30-10-8-24-9-11-30/h1-7,12-14,24H,8-11H2,(H2,23,25)(H,27,28,29). The molecule has 0 aliphatic carbocycles. The van der Waals surface area contributed by atoms with E-state index in [0.717, 1.165) is 59.8 Å². The number of benzene rings is 1. The molecule has 4 aromatic rings. The second kappa shape index (κ2) is 7.92. The molecule has 0 atom stereocenters. The molecule has 0 bridgehead atoms. The van der Waals surface area contributed by atoms with Crippen molar-refractivity contribution in [3.63, 3.8) is 0 Å². The molecule has 8 heteroatoms. The normalized spacial score (nSPS) is 14.1. The van der Waals surface area contributed by atoms with Gasteiger partial charge in [-0.15, -0.1) is 0 Å². The molecule has 1 aliphatic heterocycles. The van der Waals surface area contributed by atoms with Crippen LogP contribution in [0.2, 0.25) is 0 Å². The summed E-state index contributed by atoms with van der Waals surface area (Å²) in [5.41, 5.74) is 9.96. The van der Waals surface area contributed by atoms with E-state index in [1.807, 2.05) is 48.8 Å². The van der Waals surface area contributed by atoms with E-state index in [2.05, 4.69) is 30.5 Å². The number of para-hydroxylation sites is 1. The Morgan fingerprint density at radius 3 is 2.67 bits per heavy atom. The molecule has 4 N–H and O–H groups in total. The fourth-order valence-electron chi connectivity index (χ4n) is 3.59. The minimum atomic E-state index is 0.510. The van der Waals surface area contributed by atoms with Crippen molar-refractivity contribution in [2.24, 2.45) is 0 Å². The lowest BCUT2D eigenvalue weighted by atomic mass is 10.1. The third kappa shape index (κ3) is 3.72. The number of pyridine rings is 2. The van der Waals surface area contributed by atoms with E-state index in [0.29, 0.717) is 11.6 Å². The number of nitrogens with zero attached hydrogens (tertiary/aromatic N) is 5. The van der Waals surface area contributed by atoms with E-state index >= 15 is 0 Å². The van der Waals surface area contributed by atoms with Gasteiger partial charge < -0.3 is 21.3 Å². The van der Waals surface area contributed by atoms with Crippen LogP contribution in [-0.2, 0) is 0 Å². The first kappa shape index (κ1) is 18.3. The van der Waals surface area contributed by atoms with Crippen molar-refractivity contribution in [2.75, 3.05) is 42.1 Å². The zero-order valence-corrected chi connectivity index (χ0v) is 16.4. The fraction of sp³-hybridized carbons (Fsp3) is 0.182. The molecule has 0 amide bonds. The molecule has 1 fully saturated rings. The second-order valence-corrected chi connectivity index (χ2v) is 7.18. The summed E-state index contributed by atoms with van der Waals surface area (Å²) in [5, 5.41) is 7.55. The number of anilines is 4. The van der Waals surface area contributed by atoms with Gasteiger partial charge in [-0.1, -0.05) is 18.2 Å². The third-order valence-corrected chi connectivity index (χ3v) is 5.12. The van der Waals surface area contributed by atoms with Gasteiger partial charge in [-0.3, -0.25) is 4.98 Å². The number of aromatic nitrogens is 4. The lowest BCUT2D eigenvalue weighted by Gasteiger charge is -2.28. The minimum Gasteiger partial charge on any atom is -0.399 e. The van der Waals surface area contributed by atoms with E-state index in [9.17, 15) is 0 Å². The minimum absolute atomic E-state index is 0.510. The highest BCUT2D eigenvalue weighted by Crippen LogP contribution is 2.27. The van der Waals surface area contributed by atoms with E-state index in [1.54, 1.807) is 12.3 Å². The van der Waals surface area contributed by atoms with Gasteiger partial charge in [0.2, 0.25) is 5.95 Å². The fourth-order valence-corrected chi connectivity index (χ4v) is 3.59. The van der Waals surface area contributed by atoms with Crippen LogP contribution in [0.3, 0.4) is 0 Å². The molecule has 150 valence electrons. The topological polar surface area (TPSA) is 105 Å². The smallest absolute Gasteiger partial charge is 0.227 e. The molecule has 1 aliphatic rings. The van der Waals surface area contributed by atoms with Crippen LogP contribution >= 0.6 is 0 Å². The Kier molecular flexibility index (Phi) is 4.82. The van der Waals surface area contributed by atoms with Gasteiger partial charge in [-0.2, -0.15) is 0 Å². The van der Waals surface area contributed by atoms with Crippen LogP contribution in [0, 0.1) is 0 Å². The summed E-state index contributed by atoms with van der Waals surface area (Å²) in [6, 6.07) is 13.6. The Hall–Kier alpha value is -3.78. The summed E-state index contributed by atoms with van der Waals surface area (Å²) >= 11 is 0. The molecule has 1 aromatic carbocycles. The molecule has 1 saturated heterocycles. The van der Waals surface area contributed by atoms with Gasteiger partial charge in [0.15, 0.2) is 0 Å². The molecule has 0 unspecified atom stereocenters. The maximum absolute atomic E-state index is 5.94. The van der Waals surface area contributed by atoms with Crippen molar-refractivity contribution >= 4 is 34.0 Å². The molecule has 0 saturated carbocycles. The van der Waals surface area contributed by atoms with Gasteiger partial charge in [-0.05, 0) is 24.3 Å². The first-order chi connectivity index (χ1) is 14.8. The lowest BCUT2D eigenvalue weighted by Crippen LogP contribution is -2.43. The Balaban J connectivity index is 1.43. The molecular formula is C22H22N8. The van der Waals surface area contributed by atoms with Crippen molar-refractivity contribution in [1.82, 2.24) is 25.3 Å². The summed E-state index contributed by atoms with van der Waals surface area (Å²) in [4.78, 5) is 20.5. The van der Waals surface area contributed by atoms with Gasteiger partial charge in [0.1, 0.15) is 5.82 Å². The van der Waals surface area contributed by atoms with Crippen LogP contribution in [-0.4, -0.2) is 46.1 Å². The summed E-state index contributed by atoms with van der Waals surface area (Å²) in [6.07, 6.45) is 5.33. The van der Waals surface area contributed by atoms with Crippen LogP contribution in [0.15, 0.2) is 61.1 Å². The van der Waals surface area contributed by atoms with E-state index in [-0.39, 0.29) is 0 Å². The highest BCUT2D eigenvalue weighted by Gasteiger charge is 2.12. The first-order valence-electron chi connectivity index (χ1n) is 9.93. The van der Waals surface area contributed by atoms with E-state index in [4.69, 9.17) is 10.7 Å². The molecule has 0 radical (unpaired) electrons. The lowest BCUT2D eigenvalue weighted by molar-refractivity contribution is 0.585. The Bertz CT molecular complexity index is 1170. The number of rotatable bonds is 4. The maximum atomic E-state index is 5.94. The highest BCUT2D eigenvalue weighted by atomic mass is 15.2. The monoisotopic (exact) mass is 398 g/mol. The molecule has 4 heterocycles. The Morgan fingerprint density at radius 1 is 0.967 bits per heavy atom. The number of nitrogens with one attached hydrogen (secondary N) is 2. The zero-order valence-electron chi connectivity index (χ0n) is 16.4. The summed E-state index contributed by atoms with van der Waals surface area (Å²) in [7, 11) is 0. The number of fused-ring (bicyclic) bond motifs is 1. The zero-order chi connectivity index (χ0) is 20.3. The molecular weight excluding hydrogens is 376 g/mol. The van der Waals surface area contributed by atoms with Gasteiger partial charge >= 0.3 is 0 Å². The van der Waals surface area contributed by atoms with Crippen LogP contribution < -0.4 is 21.3 Å². The molecule has 0 spiro atoms. The van der Waals surface area contributed by atoms with Gasteiger partial charge in [-0.25, -0.2) is 15.0 Å². The third-order valence-electron chi connectivity index (χ3n) is 5.12.